The second-order valence-corrected chi connectivity index (χ2v) is 6.97. The number of urea groups is 1. The molecule has 0 spiro atoms. The first-order chi connectivity index (χ1) is 16.4. The number of para-hydroxylation sites is 1. The molecule has 0 bridgehead atoms. The van der Waals surface area contributed by atoms with Crippen LogP contribution in [-0.4, -0.2) is 35.2 Å². The average molecular weight is 458 g/mol. The van der Waals surface area contributed by atoms with Crippen LogP contribution < -0.4 is 31.4 Å². The number of pyridine rings is 1. The Morgan fingerprint density at radius 3 is 2.47 bits per heavy atom. The third-order valence-electron chi connectivity index (χ3n) is 4.94. The van der Waals surface area contributed by atoms with Gasteiger partial charge in [0.15, 0.2) is 5.82 Å². The van der Waals surface area contributed by atoms with Crippen LogP contribution >= 0.6 is 0 Å². The highest BCUT2D eigenvalue weighted by Gasteiger charge is 2.23. The summed E-state index contributed by atoms with van der Waals surface area (Å²) < 4.78 is 10.7. The number of nitrogens with one attached hydrogen (secondary N) is 4. The number of aromatic nitrogens is 3. The molecule has 0 atom stereocenters. The maximum Gasteiger partial charge on any atom is 0.327 e. The van der Waals surface area contributed by atoms with E-state index < -0.39 is 17.3 Å². The molecule has 4 aromatic rings. The first-order valence-electron chi connectivity index (χ1n) is 9.91. The van der Waals surface area contributed by atoms with E-state index in [0.717, 1.165) is 0 Å². The van der Waals surface area contributed by atoms with Gasteiger partial charge in [-0.25, -0.2) is 14.6 Å². The van der Waals surface area contributed by atoms with Crippen molar-refractivity contribution in [3.8, 4) is 28.7 Å². The minimum absolute atomic E-state index is 0.0476. The van der Waals surface area contributed by atoms with Gasteiger partial charge in [0, 0.05) is 22.9 Å². The molecular weight excluding hydrogens is 440 g/mol. The Kier molecular flexibility index (Phi) is 5.96. The van der Waals surface area contributed by atoms with E-state index in [4.69, 9.17) is 9.47 Å². The van der Waals surface area contributed by atoms with E-state index in [1.807, 2.05) is 6.07 Å². The number of hydrogen-bond donors (Lipinski definition) is 4. The Balaban J connectivity index is 1.96. The predicted molar refractivity (Wildman–Crippen MR) is 125 cm³/mol. The molecule has 0 radical (unpaired) electrons. The molecule has 4 rings (SSSR count). The number of rotatable bonds is 5. The van der Waals surface area contributed by atoms with Crippen molar-refractivity contribution in [2.75, 3.05) is 24.9 Å². The van der Waals surface area contributed by atoms with Gasteiger partial charge in [-0.1, -0.05) is 18.2 Å². The minimum atomic E-state index is -0.790. The second-order valence-electron chi connectivity index (χ2n) is 6.97. The second kappa shape index (κ2) is 9.17. The Hall–Kier alpha value is -5.11. The van der Waals surface area contributed by atoms with Crippen molar-refractivity contribution in [1.82, 2.24) is 15.0 Å². The van der Waals surface area contributed by atoms with Crippen LogP contribution in [0, 0.1) is 11.3 Å². The highest BCUT2D eigenvalue weighted by Crippen LogP contribution is 2.39. The number of H-pyrrole nitrogens is 2. The maximum absolute atomic E-state index is 12.8. The lowest BCUT2D eigenvalue weighted by Gasteiger charge is -2.16. The van der Waals surface area contributed by atoms with Crippen molar-refractivity contribution in [2.24, 2.45) is 0 Å². The number of ether oxygens (including phenoxy) is 2. The summed E-state index contributed by atoms with van der Waals surface area (Å²) in [4.78, 5) is 46.1. The van der Waals surface area contributed by atoms with Crippen LogP contribution in [0.15, 0.2) is 58.1 Å². The van der Waals surface area contributed by atoms with E-state index in [9.17, 15) is 19.6 Å². The highest BCUT2D eigenvalue weighted by molar-refractivity contribution is 6.04. The Morgan fingerprint density at radius 2 is 1.79 bits per heavy atom. The maximum atomic E-state index is 12.8. The zero-order valence-electron chi connectivity index (χ0n) is 18.1. The summed E-state index contributed by atoms with van der Waals surface area (Å²) in [6.07, 6.45) is 0. The van der Waals surface area contributed by atoms with Crippen molar-refractivity contribution in [3.63, 3.8) is 0 Å². The highest BCUT2D eigenvalue weighted by atomic mass is 16.5. The molecule has 34 heavy (non-hydrogen) atoms. The number of amides is 2. The number of nitriles is 1. The Bertz CT molecular complexity index is 1550. The number of hydrogen-bond acceptors (Lipinski definition) is 7. The molecule has 0 aliphatic heterocycles. The predicted octanol–water partition coefficient (Wildman–Crippen LogP) is 2.81. The molecule has 0 fully saturated rings. The minimum Gasteiger partial charge on any atom is -0.497 e. The number of benzene rings is 2. The number of aromatic amines is 2. The molecule has 4 N–H and O–H groups in total. The molecule has 2 amide bonds. The first kappa shape index (κ1) is 22.1. The number of methoxy groups -OCH3 is 2. The lowest BCUT2D eigenvalue weighted by Crippen LogP contribution is -2.25. The van der Waals surface area contributed by atoms with Crippen molar-refractivity contribution in [3.05, 3.63) is 74.9 Å². The van der Waals surface area contributed by atoms with Crippen LogP contribution in [0.25, 0.3) is 22.2 Å². The molecule has 170 valence electrons. The molecule has 0 unspecified atom stereocenters. The molecule has 2 aromatic heterocycles. The Labute approximate surface area is 192 Å². The summed E-state index contributed by atoms with van der Waals surface area (Å²) in [6.45, 7) is 0. The number of fused-ring (bicyclic) bond motifs is 1. The van der Waals surface area contributed by atoms with E-state index >= 15 is 0 Å². The van der Waals surface area contributed by atoms with Crippen LogP contribution in [0.1, 0.15) is 5.56 Å². The van der Waals surface area contributed by atoms with Gasteiger partial charge in [0.1, 0.15) is 28.8 Å². The van der Waals surface area contributed by atoms with Crippen LogP contribution in [0.3, 0.4) is 0 Å². The molecular formula is C23H18N6O5. The summed E-state index contributed by atoms with van der Waals surface area (Å²) >= 11 is 0. The molecule has 0 aliphatic carbocycles. The zero-order chi connectivity index (χ0) is 24.2. The summed E-state index contributed by atoms with van der Waals surface area (Å²) in [7, 11) is 2.91. The normalized spacial score (nSPS) is 10.4. The topological polar surface area (TPSA) is 162 Å². The number of anilines is 2. The van der Waals surface area contributed by atoms with Crippen LogP contribution in [-0.2, 0) is 0 Å². The largest absolute Gasteiger partial charge is 0.497 e. The summed E-state index contributed by atoms with van der Waals surface area (Å²) in [6, 6.07) is 14.8. The van der Waals surface area contributed by atoms with E-state index in [0.29, 0.717) is 22.7 Å². The summed E-state index contributed by atoms with van der Waals surface area (Å²) in [5.74, 6) is 0.631. The van der Waals surface area contributed by atoms with Crippen LogP contribution in [0.4, 0.5) is 16.3 Å². The van der Waals surface area contributed by atoms with Gasteiger partial charge in [-0.3, -0.25) is 20.1 Å². The van der Waals surface area contributed by atoms with E-state index in [1.54, 1.807) is 48.5 Å². The van der Waals surface area contributed by atoms with E-state index in [1.165, 1.54) is 14.2 Å². The van der Waals surface area contributed by atoms with E-state index in [2.05, 4.69) is 25.6 Å². The Morgan fingerprint density at radius 1 is 1.03 bits per heavy atom. The van der Waals surface area contributed by atoms with Gasteiger partial charge in [0.05, 0.1) is 19.6 Å². The lowest BCUT2D eigenvalue weighted by atomic mass is 9.96. The summed E-state index contributed by atoms with van der Waals surface area (Å²) in [5.41, 5.74) is -0.762. The fourth-order valence-corrected chi connectivity index (χ4v) is 3.47. The van der Waals surface area contributed by atoms with Gasteiger partial charge in [-0.05, 0) is 24.3 Å². The fraction of sp³-hybridized carbons (Fsp3) is 0.0870. The molecule has 11 heteroatoms. The first-order valence-corrected chi connectivity index (χ1v) is 9.91. The fourth-order valence-electron chi connectivity index (χ4n) is 3.47. The number of carbonyl (C=O) groups is 1. The van der Waals surface area contributed by atoms with Crippen LogP contribution in [0.5, 0.6) is 11.5 Å². The molecule has 0 aliphatic rings. The summed E-state index contributed by atoms with van der Waals surface area (Å²) in [5, 5.41) is 15.1. The lowest BCUT2D eigenvalue weighted by molar-refractivity contribution is 0.262. The van der Waals surface area contributed by atoms with Crippen LogP contribution in [0.2, 0.25) is 0 Å². The molecule has 0 saturated carbocycles. The molecule has 2 aromatic carbocycles. The average Bonchev–Trinajstić information content (AvgIpc) is 2.83. The monoisotopic (exact) mass is 458 g/mol. The van der Waals surface area contributed by atoms with Crippen molar-refractivity contribution >= 4 is 28.6 Å². The molecule has 2 heterocycles. The standard InChI is InChI=1S/C23H18N6O5/c1-33-13-8-9-14(16(10-13)34-2)17-15(11-24)19(26-20-18(17)21(30)29-23(32)28-20)27-22(31)25-12-6-4-3-5-7-12/h3-10H,1-2H3,(H4,25,26,27,28,29,30,31,32). The third kappa shape index (κ3) is 4.15. The number of nitrogens with zero attached hydrogens (tertiary/aromatic N) is 2. The third-order valence-corrected chi connectivity index (χ3v) is 4.94. The van der Waals surface area contributed by atoms with Crippen molar-refractivity contribution in [2.45, 2.75) is 0 Å². The number of carbonyl (C=O) groups excluding carboxylic acids is 1. The quantitative estimate of drug-likeness (QED) is 0.357. The van der Waals surface area contributed by atoms with Gasteiger partial charge >= 0.3 is 11.7 Å². The van der Waals surface area contributed by atoms with Gasteiger partial charge in [-0.15, -0.1) is 0 Å². The van der Waals surface area contributed by atoms with Gasteiger partial charge in [0.25, 0.3) is 5.56 Å². The van der Waals surface area contributed by atoms with Gasteiger partial charge in [0.2, 0.25) is 0 Å². The molecule has 11 nitrogen and oxygen atoms in total. The van der Waals surface area contributed by atoms with Crippen molar-refractivity contribution in [1.29, 1.82) is 5.26 Å². The zero-order valence-corrected chi connectivity index (χ0v) is 18.1. The SMILES string of the molecule is COc1ccc(-c2c(C#N)c(NC(=O)Nc3ccccc3)nc3[nH]c(=O)[nH]c(=O)c23)c(OC)c1. The van der Waals surface area contributed by atoms with Gasteiger partial charge in [-0.2, -0.15) is 5.26 Å². The van der Waals surface area contributed by atoms with Crippen molar-refractivity contribution < 1.29 is 14.3 Å². The van der Waals surface area contributed by atoms with E-state index in [-0.39, 0.29) is 28.0 Å². The van der Waals surface area contributed by atoms with Gasteiger partial charge < -0.3 is 14.8 Å². The smallest absolute Gasteiger partial charge is 0.327 e. The molecule has 0 saturated heterocycles.